The number of carboxylic acids is 1. The van der Waals surface area contributed by atoms with Crippen molar-refractivity contribution in [2.24, 2.45) is 0 Å². The van der Waals surface area contributed by atoms with Gasteiger partial charge in [0.05, 0.1) is 12.5 Å². The van der Waals surface area contributed by atoms with E-state index in [0.29, 0.717) is 0 Å². The molecule has 0 aliphatic carbocycles. The van der Waals surface area contributed by atoms with E-state index in [2.05, 4.69) is 11.3 Å². The average Bonchev–Trinajstić information content (AvgIpc) is 2.36. The molecule has 1 atom stereocenters. The number of hydrogen-bond donors (Lipinski definition) is 2. The van der Waals surface area contributed by atoms with Crippen LogP contribution in [0.3, 0.4) is 0 Å². The highest BCUT2D eigenvalue weighted by molar-refractivity contribution is 5.78. The van der Waals surface area contributed by atoms with Crippen LogP contribution in [-0.4, -0.2) is 34.9 Å². The van der Waals surface area contributed by atoms with Gasteiger partial charge in [0.2, 0.25) is 0 Å². The van der Waals surface area contributed by atoms with E-state index in [1.54, 1.807) is 0 Å². The van der Waals surface area contributed by atoms with Gasteiger partial charge in [-0.25, -0.2) is 4.79 Å². The number of aliphatic carboxylic acids is 1. The summed E-state index contributed by atoms with van der Waals surface area (Å²) in [5.41, 5.74) is 0. The summed E-state index contributed by atoms with van der Waals surface area (Å²) in [6.07, 6.45) is 0.451. The molecule has 0 radical (unpaired) electrons. The molecule has 0 aromatic rings. The molecule has 5 heteroatoms. The van der Waals surface area contributed by atoms with Gasteiger partial charge in [0, 0.05) is 6.08 Å². The topological polar surface area (TPSA) is 83.8 Å². The summed E-state index contributed by atoms with van der Waals surface area (Å²) < 4.78 is 4.38. The molecular weight excluding hydrogens is 164 g/mol. The Hall–Kier alpha value is -1.36. The maximum absolute atomic E-state index is 10.1. The van der Waals surface area contributed by atoms with E-state index in [1.807, 2.05) is 0 Å². The summed E-state index contributed by atoms with van der Waals surface area (Å²) in [4.78, 5) is 19.3. The molecule has 1 fully saturated rings. The molecule has 1 unspecified atom stereocenters. The normalized spacial score (nSPS) is 20.4. The second-order valence-corrected chi connectivity index (χ2v) is 2.08. The van der Waals surface area contributed by atoms with Gasteiger partial charge in [0.1, 0.15) is 6.61 Å². The van der Waals surface area contributed by atoms with Crippen molar-refractivity contribution in [3.05, 3.63) is 12.7 Å². The highest BCUT2D eigenvalue weighted by Gasteiger charge is 2.20. The lowest BCUT2D eigenvalue weighted by Gasteiger charge is -1.87. The summed E-state index contributed by atoms with van der Waals surface area (Å²) in [5, 5.41) is 16.2. The van der Waals surface area contributed by atoms with Gasteiger partial charge in [-0.3, -0.25) is 4.79 Å². The largest absolute Gasteiger partial charge is 0.478 e. The molecule has 1 saturated heterocycles. The van der Waals surface area contributed by atoms with Gasteiger partial charge < -0.3 is 14.9 Å². The van der Waals surface area contributed by atoms with Gasteiger partial charge in [0.15, 0.2) is 0 Å². The first-order valence-electron chi connectivity index (χ1n) is 3.25. The first-order valence-corrected chi connectivity index (χ1v) is 3.25. The SMILES string of the molecule is C=CC(=O)O.O=C1CC(O)CO1. The van der Waals surface area contributed by atoms with Crippen LogP contribution in [0.25, 0.3) is 0 Å². The molecule has 1 rings (SSSR count). The van der Waals surface area contributed by atoms with Crippen molar-refractivity contribution >= 4 is 11.9 Å². The van der Waals surface area contributed by atoms with Crippen LogP contribution in [0.15, 0.2) is 12.7 Å². The molecule has 0 amide bonds. The zero-order valence-corrected chi connectivity index (χ0v) is 6.40. The molecule has 12 heavy (non-hydrogen) atoms. The van der Waals surface area contributed by atoms with Crippen molar-refractivity contribution in [2.75, 3.05) is 6.61 Å². The number of esters is 1. The third-order valence-corrected chi connectivity index (χ3v) is 1.01. The lowest BCUT2D eigenvalue weighted by Crippen LogP contribution is -2.02. The van der Waals surface area contributed by atoms with Crippen LogP contribution in [0.2, 0.25) is 0 Å². The smallest absolute Gasteiger partial charge is 0.327 e. The first kappa shape index (κ1) is 10.6. The molecule has 0 saturated carbocycles. The number of carboxylic acid groups (broad SMARTS) is 1. The summed E-state index contributed by atoms with van der Waals surface area (Å²) in [5.74, 6) is -1.28. The van der Waals surface area contributed by atoms with Crippen LogP contribution in [0, 0.1) is 0 Å². The number of ether oxygens (including phenoxy) is 1. The predicted octanol–water partition coefficient (Wildman–Crippen LogP) is -0.449. The second-order valence-electron chi connectivity index (χ2n) is 2.08. The molecule has 68 valence electrons. The summed E-state index contributed by atoms with van der Waals surface area (Å²) in [7, 11) is 0. The Bertz CT molecular complexity index is 186. The number of carbonyl (C=O) groups excluding carboxylic acids is 1. The molecule has 1 aliphatic rings. The van der Waals surface area contributed by atoms with Crippen LogP contribution >= 0.6 is 0 Å². The van der Waals surface area contributed by atoms with Crippen LogP contribution in [-0.2, 0) is 14.3 Å². The van der Waals surface area contributed by atoms with E-state index in [0.717, 1.165) is 6.08 Å². The van der Waals surface area contributed by atoms with E-state index >= 15 is 0 Å². The van der Waals surface area contributed by atoms with Crippen molar-refractivity contribution in [3.8, 4) is 0 Å². The number of rotatable bonds is 1. The molecule has 1 heterocycles. The minimum atomic E-state index is -0.981. The lowest BCUT2D eigenvalue weighted by molar-refractivity contribution is -0.138. The Balaban J connectivity index is 0.000000217. The van der Waals surface area contributed by atoms with Gasteiger partial charge in [-0.15, -0.1) is 0 Å². The molecule has 0 aromatic heterocycles. The second kappa shape index (κ2) is 5.31. The Morgan fingerprint density at radius 3 is 2.33 bits per heavy atom. The number of aliphatic hydroxyl groups is 1. The van der Waals surface area contributed by atoms with E-state index in [4.69, 9.17) is 10.2 Å². The Morgan fingerprint density at radius 2 is 2.25 bits per heavy atom. The van der Waals surface area contributed by atoms with Crippen molar-refractivity contribution in [2.45, 2.75) is 12.5 Å². The van der Waals surface area contributed by atoms with Crippen LogP contribution in [0.1, 0.15) is 6.42 Å². The third-order valence-electron chi connectivity index (χ3n) is 1.01. The number of aliphatic hydroxyl groups excluding tert-OH is 1. The average molecular weight is 174 g/mol. The molecule has 5 nitrogen and oxygen atoms in total. The minimum absolute atomic E-state index is 0.167. The van der Waals surface area contributed by atoms with E-state index < -0.39 is 12.1 Å². The highest BCUT2D eigenvalue weighted by Crippen LogP contribution is 2.03. The van der Waals surface area contributed by atoms with E-state index in [-0.39, 0.29) is 19.0 Å². The molecule has 0 aromatic carbocycles. The summed E-state index contributed by atoms with van der Waals surface area (Å²) in [6.45, 7) is 3.14. The fraction of sp³-hybridized carbons (Fsp3) is 0.429. The maximum atomic E-state index is 10.1. The molecule has 2 N–H and O–H groups in total. The van der Waals surface area contributed by atoms with Crippen LogP contribution in [0.4, 0.5) is 0 Å². The van der Waals surface area contributed by atoms with Crippen molar-refractivity contribution in [1.82, 2.24) is 0 Å². The number of hydrogen-bond acceptors (Lipinski definition) is 4. The van der Waals surface area contributed by atoms with Crippen molar-refractivity contribution in [3.63, 3.8) is 0 Å². The Morgan fingerprint density at radius 1 is 1.75 bits per heavy atom. The summed E-state index contributed by atoms with van der Waals surface area (Å²) >= 11 is 0. The molecule has 0 spiro atoms. The standard InChI is InChI=1S/C4H6O3.C3H4O2/c5-3-1-4(6)7-2-3;1-2-3(4)5/h3,5H,1-2H2;2H,1H2,(H,4,5). The first-order chi connectivity index (χ1) is 5.56. The molecule has 0 bridgehead atoms. The quantitative estimate of drug-likeness (QED) is 0.415. The van der Waals surface area contributed by atoms with Gasteiger partial charge in [0.25, 0.3) is 0 Å². The zero-order valence-electron chi connectivity index (χ0n) is 6.40. The number of cyclic esters (lactones) is 1. The monoisotopic (exact) mass is 174 g/mol. The fourth-order valence-corrected chi connectivity index (χ4v) is 0.499. The van der Waals surface area contributed by atoms with Crippen LogP contribution < -0.4 is 0 Å². The van der Waals surface area contributed by atoms with Gasteiger partial charge >= 0.3 is 11.9 Å². The fourth-order valence-electron chi connectivity index (χ4n) is 0.499. The predicted molar refractivity (Wildman–Crippen MR) is 39.4 cm³/mol. The van der Waals surface area contributed by atoms with Crippen molar-refractivity contribution in [1.29, 1.82) is 0 Å². The lowest BCUT2D eigenvalue weighted by atomic mass is 10.3. The highest BCUT2D eigenvalue weighted by atomic mass is 16.6. The van der Waals surface area contributed by atoms with Gasteiger partial charge in [-0.2, -0.15) is 0 Å². The molecular formula is C7H10O5. The number of carbonyl (C=O) groups is 2. The Kier molecular flexibility index (Phi) is 4.71. The van der Waals surface area contributed by atoms with Gasteiger partial charge in [-0.05, 0) is 0 Å². The Labute approximate surface area is 69.3 Å². The van der Waals surface area contributed by atoms with E-state index in [9.17, 15) is 9.59 Å². The van der Waals surface area contributed by atoms with Crippen LogP contribution in [0.5, 0.6) is 0 Å². The van der Waals surface area contributed by atoms with Gasteiger partial charge in [-0.1, -0.05) is 6.58 Å². The van der Waals surface area contributed by atoms with E-state index in [1.165, 1.54) is 0 Å². The summed E-state index contributed by atoms with van der Waals surface area (Å²) in [6, 6.07) is 0. The van der Waals surface area contributed by atoms with Crippen molar-refractivity contribution < 1.29 is 24.5 Å². The minimum Gasteiger partial charge on any atom is -0.478 e. The zero-order chi connectivity index (χ0) is 9.56. The maximum Gasteiger partial charge on any atom is 0.327 e. The molecule has 1 aliphatic heterocycles. The third kappa shape index (κ3) is 5.43.